The molecule has 0 aromatic heterocycles. The Morgan fingerprint density at radius 2 is 2.29 bits per heavy atom. The van der Waals surface area contributed by atoms with Crippen LogP contribution in [0, 0.1) is 0 Å². The normalized spacial score (nSPS) is 18.6. The van der Waals surface area contributed by atoms with E-state index in [0.29, 0.717) is 0 Å². The first-order chi connectivity index (χ1) is 8.22. The van der Waals surface area contributed by atoms with E-state index in [2.05, 4.69) is 35.3 Å². The monoisotopic (exact) mass is 233 g/mol. The third-order valence-electron chi connectivity index (χ3n) is 3.14. The van der Waals surface area contributed by atoms with Gasteiger partial charge in [0, 0.05) is 12.2 Å². The van der Waals surface area contributed by atoms with Crippen molar-refractivity contribution >= 4 is 11.7 Å². The summed E-state index contributed by atoms with van der Waals surface area (Å²) < 4.78 is 0. The standard InChI is InChI=1S/C13H19N3O/c1-2-9-16-11-6-4-3-5-10(11)7-8-12(16)15-13(14)17/h3-6,12H,2,7-9H2,1H3,(H3,14,15,17). The van der Waals surface area contributed by atoms with Crippen LogP contribution in [0.4, 0.5) is 10.5 Å². The van der Waals surface area contributed by atoms with Gasteiger partial charge in [0.1, 0.15) is 6.17 Å². The second-order valence-electron chi connectivity index (χ2n) is 4.39. The molecule has 0 fully saturated rings. The van der Waals surface area contributed by atoms with Crippen molar-refractivity contribution in [1.82, 2.24) is 5.32 Å². The summed E-state index contributed by atoms with van der Waals surface area (Å²) in [5, 5.41) is 2.82. The van der Waals surface area contributed by atoms with Crippen LogP contribution < -0.4 is 16.0 Å². The Morgan fingerprint density at radius 3 is 3.00 bits per heavy atom. The number of carbonyl (C=O) groups is 1. The average molecular weight is 233 g/mol. The maximum Gasteiger partial charge on any atom is 0.313 e. The number of benzene rings is 1. The van der Waals surface area contributed by atoms with E-state index >= 15 is 0 Å². The first kappa shape index (κ1) is 11.8. The number of anilines is 1. The number of primary amides is 1. The predicted octanol–water partition coefficient (Wildman–Crippen LogP) is 1.84. The third-order valence-corrected chi connectivity index (χ3v) is 3.14. The van der Waals surface area contributed by atoms with Crippen molar-refractivity contribution in [3.63, 3.8) is 0 Å². The molecule has 0 radical (unpaired) electrons. The Morgan fingerprint density at radius 1 is 1.53 bits per heavy atom. The zero-order valence-corrected chi connectivity index (χ0v) is 10.1. The maximum absolute atomic E-state index is 11.0. The molecule has 92 valence electrons. The number of hydrogen-bond acceptors (Lipinski definition) is 2. The summed E-state index contributed by atoms with van der Waals surface area (Å²) in [5.41, 5.74) is 7.80. The largest absolute Gasteiger partial charge is 0.352 e. The van der Waals surface area contributed by atoms with E-state index in [1.165, 1.54) is 11.3 Å². The fourth-order valence-corrected chi connectivity index (χ4v) is 2.45. The molecule has 0 bridgehead atoms. The zero-order chi connectivity index (χ0) is 12.3. The van der Waals surface area contributed by atoms with Gasteiger partial charge in [0.25, 0.3) is 0 Å². The molecule has 2 amide bonds. The van der Waals surface area contributed by atoms with Gasteiger partial charge in [-0.1, -0.05) is 25.1 Å². The lowest BCUT2D eigenvalue weighted by molar-refractivity contribution is 0.243. The quantitative estimate of drug-likeness (QED) is 0.837. The van der Waals surface area contributed by atoms with Crippen LogP contribution in [0.15, 0.2) is 24.3 Å². The molecule has 1 atom stereocenters. The fourth-order valence-electron chi connectivity index (χ4n) is 2.45. The van der Waals surface area contributed by atoms with Gasteiger partial charge in [-0.2, -0.15) is 0 Å². The van der Waals surface area contributed by atoms with Crippen LogP contribution >= 0.6 is 0 Å². The zero-order valence-electron chi connectivity index (χ0n) is 10.1. The molecule has 0 spiro atoms. The molecule has 4 nitrogen and oxygen atoms in total. The predicted molar refractivity (Wildman–Crippen MR) is 68.9 cm³/mol. The highest BCUT2D eigenvalue weighted by atomic mass is 16.2. The Kier molecular flexibility index (Phi) is 3.52. The van der Waals surface area contributed by atoms with E-state index < -0.39 is 6.03 Å². The topological polar surface area (TPSA) is 58.4 Å². The van der Waals surface area contributed by atoms with Gasteiger partial charge in [-0.3, -0.25) is 0 Å². The summed E-state index contributed by atoms with van der Waals surface area (Å²) in [6.45, 7) is 3.07. The molecule has 0 saturated carbocycles. The van der Waals surface area contributed by atoms with Crippen LogP contribution in [0.25, 0.3) is 0 Å². The number of hydrogen-bond donors (Lipinski definition) is 2. The van der Waals surface area contributed by atoms with Crippen molar-refractivity contribution in [2.24, 2.45) is 5.73 Å². The maximum atomic E-state index is 11.0. The van der Waals surface area contributed by atoms with E-state index in [4.69, 9.17) is 5.73 Å². The van der Waals surface area contributed by atoms with Crippen LogP contribution in [0.3, 0.4) is 0 Å². The number of amides is 2. The summed E-state index contributed by atoms with van der Waals surface area (Å²) in [5.74, 6) is 0. The van der Waals surface area contributed by atoms with Gasteiger partial charge in [0.2, 0.25) is 0 Å². The average Bonchev–Trinajstić information content (AvgIpc) is 2.32. The Balaban J connectivity index is 2.25. The minimum Gasteiger partial charge on any atom is -0.352 e. The lowest BCUT2D eigenvalue weighted by Gasteiger charge is -2.38. The van der Waals surface area contributed by atoms with Crippen LogP contribution in [-0.4, -0.2) is 18.7 Å². The van der Waals surface area contributed by atoms with Crippen LogP contribution in [0.1, 0.15) is 25.3 Å². The number of nitrogens with two attached hydrogens (primary N) is 1. The number of nitrogens with one attached hydrogen (secondary N) is 1. The van der Waals surface area contributed by atoms with Crippen LogP contribution in [0.2, 0.25) is 0 Å². The molecular formula is C13H19N3O. The molecule has 2 rings (SSSR count). The van der Waals surface area contributed by atoms with Crippen molar-refractivity contribution in [1.29, 1.82) is 0 Å². The summed E-state index contributed by atoms with van der Waals surface area (Å²) in [4.78, 5) is 13.3. The Labute approximate surface area is 102 Å². The first-order valence-electron chi connectivity index (χ1n) is 6.13. The van der Waals surface area contributed by atoms with Gasteiger partial charge >= 0.3 is 6.03 Å². The molecule has 4 heteroatoms. The molecule has 1 unspecified atom stereocenters. The first-order valence-corrected chi connectivity index (χ1v) is 6.13. The minimum absolute atomic E-state index is 0.0300. The highest BCUT2D eigenvalue weighted by molar-refractivity contribution is 5.73. The number of aryl methyl sites for hydroxylation is 1. The second-order valence-corrected chi connectivity index (χ2v) is 4.39. The summed E-state index contributed by atoms with van der Waals surface area (Å²) >= 11 is 0. The van der Waals surface area contributed by atoms with Gasteiger partial charge in [-0.15, -0.1) is 0 Å². The van der Waals surface area contributed by atoms with Crippen molar-refractivity contribution in [2.45, 2.75) is 32.4 Å². The van der Waals surface area contributed by atoms with Gasteiger partial charge in [-0.05, 0) is 30.9 Å². The highest BCUT2D eigenvalue weighted by Gasteiger charge is 2.25. The molecular weight excluding hydrogens is 214 g/mol. The number of fused-ring (bicyclic) bond motifs is 1. The Bertz CT molecular complexity index is 405. The van der Waals surface area contributed by atoms with E-state index in [1.807, 2.05) is 6.07 Å². The van der Waals surface area contributed by atoms with Crippen molar-refractivity contribution in [2.75, 3.05) is 11.4 Å². The SMILES string of the molecule is CCCN1c2ccccc2CCC1NC(N)=O. The number of rotatable bonds is 3. The van der Waals surface area contributed by atoms with E-state index in [1.54, 1.807) is 0 Å². The smallest absolute Gasteiger partial charge is 0.313 e. The van der Waals surface area contributed by atoms with Crippen molar-refractivity contribution < 1.29 is 4.79 Å². The molecule has 1 aromatic rings. The van der Waals surface area contributed by atoms with Gasteiger partial charge < -0.3 is 16.0 Å². The molecule has 1 aliphatic heterocycles. The van der Waals surface area contributed by atoms with Gasteiger partial charge in [0.15, 0.2) is 0 Å². The van der Waals surface area contributed by atoms with Crippen molar-refractivity contribution in [3.05, 3.63) is 29.8 Å². The molecule has 3 N–H and O–H groups in total. The number of urea groups is 1. The molecule has 1 aromatic carbocycles. The van der Waals surface area contributed by atoms with Crippen LogP contribution in [-0.2, 0) is 6.42 Å². The number of carbonyl (C=O) groups excluding carboxylic acids is 1. The third kappa shape index (κ3) is 2.52. The highest BCUT2D eigenvalue weighted by Crippen LogP contribution is 2.29. The van der Waals surface area contributed by atoms with Gasteiger partial charge in [0.05, 0.1) is 0 Å². The summed E-state index contributed by atoms with van der Waals surface area (Å²) in [6, 6.07) is 7.91. The number of nitrogens with zero attached hydrogens (tertiary/aromatic N) is 1. The molecule has 0 saturated heterocycles. The van der Waals surface area contributed by atoms with Gasteiger partial charge in [-0.25, -0.2) is 4.79 Å². The van der Waals surface area contributed by atoms with E-state index in [9.17, 15) is 4.79 Å². The summed E-state index contributed by atoms with van der Waals surface area (Å²) in [6.07, 6.45) is 2.98. The second kappa shape index (κ2) is 5.08. The summed E-state index contributed by atoms with van der Waals surface area (Å²) in [7, 11) is 0. The van der Waals surface area contributed by atoms with Crippen LogP contribution in [0.5, 0.6) is 0 Å². The molecule has 1 heterocycles. The fraction of sp³-hybridized carbons (Fsp3) is 0.462. The molecule has 0 aliphatic carbocycles. The minimum atomic E-state index is -0.449. The number of para-hydroxylation sites is 1. The van der Waals surface area contributed by atoms with E-state index in [0.717, 1.165) is 25.8 Å². The lowest BCUT2D eigenvalue weighted by atomic mass is 9.99. The molecule has 17 heavy (non-hydrogen) atoms. The lowest BCUT2D eigenvalue weighted by Crippen LogP contribution is -2.52. The van der Waals surface area contributed by atoms with E-state index in [-0.39, 0.29) is 6.17 Å². The Hall–Kier alpha value is -1.71. The van der Waals surface area contributed by atoms with Crippen molar-refractivity contribution in [3.8, 4) is 0 Å². The molecule has 1 aliphatic rings.